The van der Waals surface area contributed by atoms with E-state index in [-0.39, 0.29) is 0 Å². The van der Waals surface area contributed by atoms with Crippen LogP contribution in [0.2, 0.25) is 0 Å². The van der Waals surface area contributed by atoms with E-state index in [2.05, 4.69) is 16.8 Å². The molecule has 0 atom stereocenters. The Labute approximate surface area is 84.6 Å². The highest BCUT2D eigenvalue weighted by Crippen LogP contribution is 2.06. The number of piperazine rings is 1. The highest BCUT2D eigenvalue weighted by molar-refractivity contribution is 5.21. The molecule has 0 aliphatic carbocycles. The summed E-state index contributed by atoms with van der Waals surface area (Å²) in [4.78, 5) is 2.23. The summed E-state index contributed by atoms with van der Waals surface area (Å²) in [6.07, 6.45) is 7.00. The van der Waals surface area contributed by atoms with Crippen LogP contribution in [0.1, 0.15) is 0 Å². The standard InChI is InChI=1S/C10H17N3O/c1-2-3-10(4-5-12-14)13-8-6-11-7-9-13/h2-5,11H,1,6-9,12H2/b5-4-,10-3+. The minimum Gasteiger partial charge on any atom is -0.631 e. The van der Waals surface area contributed by atoms with E-state index in [1.165, 1.54) is 6.20 Å². The minimum absolute atomic E-state index is 0.791. The Hall–Kier alpha value is -1.10. The molecule has 1 fully saturated rings. The first-order chi connectivity index (χ1) is 6.88. The van der Waals surface area contributed by atoms with Gasteiger partial charge in [-0.25, -0.2) is 0 Å². The molecule has 0 amide bonds. The third-order valence-corrected chi connectivity index (χ3v) is 2.12. The molecule has 1 heterocycles. The number of quaternary nitrogens is 1. The Morgan fingerprint density at radius 2 is 2.14 bits per heavy atom. The van der Waals surface area contributed by atoms with Crippen LogP contribution in [0.4, 0.5) is 0 Å². The summed E-state index contributed by atoms with van der Waals surface area (Å²) in [7, 11) is 0. The lowest BCUT2D eigenvalue weighted by molar-refractivity contribution is -0.514. The molecule has 0 aromatic rings. The smallest absolute Gasteiger partial charge is 0.0946 e. The van der Waals surface area contributed by atoms with Crippen molar-refractivity contribution in [1.82, 2.24) is 10.2 Å². The Balaban J connectivity index is 2.60. The molecule has 0 spiro atoms. The van der Waals surface area contributed by atoms with Crippen molar-refractivity contribution in [2.75, 3.05) is 26.2 Å². The highest BCUT2D eigenvalue weighted by atomic mass is 16.5. The third kappa shape index (κ3) is 3.33. The number of rotatable bonds is 4. The average molecular weight is 195 g/mol. The van der Waals surface area contributed by atoms with Crippen LogP contribution in [-0.4, -0.2) is 31.1 Å². The number of hydrogen-bond acceptors (Lipinski definition) is 3. The maximum atomic E-state index is 10.2. The Morgan fingerprint density at radius 3 is 2.71 bits per heavy atom. The van der Waals surface area contributed by atoms with Gasteiger partial charge in [0.1, 0.15) is 0 Å². The summed E-state index contributed by atoms with van der Waals surface area (Å²) >= 11 is 0. The molecule has 1 aliphatic heterocycles. The number of nitrogens with one attached hydrogen (secondary N) is 1. The van der Waals surface area contributed by atoms with Crippen molar-refractivity contribution in [3.63, 3.8) is 0 Å². The monoisotopic (exact) mass is 195 g/mol. The predicted octanol–water partition coefficient (Wildman–Crippen LogP) is -0.464. The molecule has 1 rings (SSSR count). The topological polar surface area (TPSA) is 54.9 Å². The van der Waals surface area contributed by atoms with Crippen LogP contribution < -0.4 is 10.8 Å². The molecule has 0 aromatic heterocycles. The Morgan fingerprint density at radius 1 is 1.43 bits per heavy atom. The zero-order valence-electron chi connectivity index (χ0n) is 8.28. The van der Waals surface area contributed by atoms with Crippen LogP contribution in [0.15, 0.2) is 36.7 Å². The molecular weight excluding hydrogens is 178 g/mol. The van der Waals surface area contributed by atoms with Crippen molar-refractivity contribution in [3.05, 3.63) is 41.9 Å². The minimum atomic E-state index is 0.791. The maximum Gasteiger partial charge on any atom is 0.0946 e. The quantitative estimate of drug-likeness (QED) is 0.471. The van der Waals surface area contributed by atoms with Gasteiger partial charge in [0.25, 0.3) is 0 Å². The summed E-state index contributed by atoms with van der Waals surface area (Å²) in [6.45, 7) is 7.59. The van der Waals surface area contributed by atoms with Crippen LogP contribution in [-0.2, 0) is 0 Å². The van der Waals surface area contributed by atoms with Gasteiger partial charge in [0.2, 0.25) is 0 Å². The van der Waals surface area contributed by atoms with E-state index in [1.807, 2.05) is 12.2 Å². The molecule has 14 heavy (non-hydrogen) atoms. The summed E-state index contributed by atoms with van der Waals surface area (Å²) in [6, 6.07) is 0. The van der Waals surface area contributed by atoms with Gasteiger partial charge in [-0.15, -0.1) is 0 Å². The lowest BCUT2D eigenvalue weighted by atomic mass is 10.2. The van der Waals surface area contributed by atoms with Gasteiger partial charge >= 0.3 is 0 Å². The van der Waals surface area contributed by atoms with E-state index >= 15 is 0 Å². The fraction of sp³-hybridized carbons (Fsp3) is 0.400. The summed E-state index contributed by atoms with van der Waals surface area (Å²) in [5.41, 5.74) is 1.84. The van der Waals surface area contributed by atoms with Crippen molar-refractivity contribution in [2.24, 2.45) is 0 Å². The van der Waals surface area contributed by atoms with Gasteiger partial charge < -0.3 is 20.9 Å². The first-order valence-corrected chi connectivity index (χ1v) is 4.78. The number of nitrogens with two attached hydrogens (primary N) is 1. The van der Waals surface area contributed by atoms with Crippen LogP contribution in [0.25, 0.3) is 0 Å². The van der Waals surface area contributed by atoms with Crippen LogP contribution in [0.3, 0.4) is 0 Å². The molecule has 4 nitrogen and oxygen atoms in total. The average Bonchev–Trinajstić information content (AvgIpc) is 2.25. The molecule has 0 unspecified atom stereocenters. The van der Waals surface area contributed by atoms with E-state index < -0.39 is 0 Å². The molecule has 0 bridgehead atoms. The molecule has 1 saturated heterocycles. The second-order valence-electron chi connectivity index (χ2n) is 3.06. The van der Waals surface area contributed by atoms with E-state index in [0.29, 0.717) is 0 Å². The largest absolute Gasteiger partial charge is 0.631 e. The van der Waals surface area contributed by atoms with Gasteiger partial charge in [-0.05, 0) is 6.08 Å². The van der Waals surface area contributed by atoms with Crippen molar-refractivity contribution in [1.29, 1.82) is 0 Å². The normalized spacial score (nSPS) is 18.9. The number of nitrogens with zero attached hydrogens (tertiary/aromatic N) is 1. The Bertz CT molecular complexity index is 230. The molecule has 3 N–H and O–H groups in total. The van der Waals surface area contributed by atoms with Crippen molar-refractivity contribution in [3.8, 4) is 0 Å². The molecule has 0 radical (unpaired) electrons. The van der Waals surface area contributed by atoms with Gasteiger partial charge in [0.15, 0.2) is 0 Å². The van der Waals surface area contributed by atoms with Crippen molar-refractivity contribution in [2.45, 2.75) is 0 Å². The molecule has 78 valence electrons. The number of allylic oxidation sites excluding steroid dienone is 3. The van der Waals surface area contributed by atoms with Crippen LogP contribution in [0, 0.1) is 5.21 Å². The molecular formula is C10H17N3O. The molecule has 0 saturated carbocycles. The lowest BCUT2D eigenvalue weighted by Gasteiger charge is -2.29. The van der Waals surface area contributed by atoms with Gasteiger partial charge in [-0.3, -0.25) is 0 Å². The van der Waals surface area contributed by atoms with E-state index in [9.17, 15) is 5.21 Å². The Kier molecular flexibility index (Phi) is 4.99. The second kappa shape index (κ2) is 6.37. The number of hydroxylamine groups is 1. The predicted molar refractivity (Wildman–Crippen MR) is 57.2 cm³/mol. The molecule has 1 aliphatic rings. The second-order valence-corrected chi connectivity index (χ2v) is 3.06. The van der Waals surface area contributed by atoms with Crippen molar-refractivity contribution >= 4 is 0 Å². The zero-order chi connectivity index (χ0) is 10.2. The van der Waals surface area contributed by atoms with E-state index in [1.54, 1.807) is 6.08 Å². The summed E-state index contributed by atoms with van der Waals surface area (Å²) in [5, 5.41) is 13.5. The van der Waals surface area contributed by atoms with Gasteiger partial charge in [0.05, 0.1) is 6.20 Å². The number of hydrogen-bond donors (Lipinski definition) is 2. The first kappa shape index (κ1) is 11.0. The van der Waals surface area contributed by atoms with E-state index in [4.69, 9.17) is 0 Å². The fourth-order valence-electron chi connectivity index (χ4n) is 1.45. The van der Waals surface area contributed by atoms with Gasteiger partial charge in [-0.2, -0.15) is 0 Å². The third-order valence-electron chi connectivity index (χ3n) is 2.12. The molecule has 0 aromatic carbocycles. The van der Waals surface area contributed by atoms with Crippen LogP contribution in [0.5, 0.6) is 0 Å². The van der Waals surface area contributed by atoms with E-state index in [0.717, 1.165) is 37.4 Å². The zero-order valence-corrected chi connectivity index (χ0v) is 8.28. The fourth-order valence-corrected chi connectivity index (χ4v) is 1.45. The maximum absolute atomic E-state index is 10.2. The summed E-state index contributed by atoms with van der Waals surface area (Å²) < 4.78 is 0. The SMILES string of the molecule is C=C/C=C(\C=C/[NH2+][O-])N1CCNCC1. The lowest BCUT2D eigenvalue weighted by Crippen LogP contribution is -2.70. The van der Waals surface area contributed by atoms with Gasteiger partial charge in [-0.1, -0.05) is 12.7 Å². The van der Waals surface area contributed by atoms with Crippen LogP contribution >= 0.6 is 0 Å². The first-order valence-electron chi connectivity index (χ1n) is 4.78. The highest BCUT2D eigenvalue weighted by Gasteiger charge is 2.09. The van der Waals surface area contributed by atoms with Gasteiger partial charge in [0, 0.05) is 38.0 Å². The summed E-state index contributed by atoms with van der Waals surface area (Å²) in [5.74, 6) is 0. The van der Waals surface area contributed by atoms with Crippen molar-refractivity contribution < 1.29 is 5.48 Å². The molecule has 4 heteroatoms.